The molecule has 0 bridgehead atoms. The van der Waals surface area contributed by atoms with Crippen molar-refractivity contribution in [2.24, 2.45) is 0 Å². The Morgan fingerprint density at radius 2 is 1.73 bits per heavy atom. The summed E-state index contributed by atoms with van der Waals surface area (Å²) in [4.78, 5) is 40.4. The Morgan fingerprint density at radius 1 is 1.07 bits per heavy atom. The number of carbonyl (C=O) groups is 3. The van der Waals surface area contributed by atoms with Crippen LogP contribution in [-0.2, 0) is 11.3 Å². The van der Waals surface area contributed by atoms with Gasteiger partial charge in [-0.05, 0) is 30.7 Å². The molecule has 1 saturated heterocycles. The number of amides is 1. The summed E-state index contributed by atoms with van der Waals surface area (Å²) in [6.45, 7) is 5.38. The summed E-state index contributed by atoms with van der Waals surface area (Å²) >= 11 is 0. The molecule has 30 heavy (non-hydrogen) atoms. The van der Waals surface area contributed by atoms with E-state index in [9.17, 15) is 9.59 Å². The molecule has 1 aliphatic rings. The van der Waals surface area contributed by atoms with E-state index < -0.39 is 0 Å². The van der Waals surface area contributed by atoms with Crippen molar-refractivity contribution in [3.63, 3.8) is 0 Å². The molecule has 1 fully saturated rings. The predicted octanol–water partition coefficient (Wildman–Crippen LogP) is 3.03. The number of carboxylic acid groups (broad SMARTS) is 1. The van der Waals surface area contributed by atoms with Gasteiger partial charge in [-0.1, -0.05) is 30.3 Å². The maximum Gasteiger partial charge on any atom is 0.290 e. The SMILES string of the molecule is CC(=O)c1c[nH]c2ccc(C(=O)N3CCN(Cc4ccccc4)CC3)cc12.O=CO. The molecule has 1 aromatic heterocycles. The van der Waals surface area contributed by atoms with Crippen molar-refractivity contribution in [1.82, 2.24) is 14.8 Å². The van der Waals surface area contributed by atoms with Gasteiger partial charge in [-0.25, -0.2) is 0 Å². The number of rotatable bonds is 4. The van der Waals surface area contributed by atoms with E-state index in [2.05, 4.69) is 34.1 Å². The molecule has 2 N–H and O–H groups in total. The molecule has 1 aliphatic heterocycles. The van der Waals surface area contributed by atoms with Gasteiger partial charge in [-0.2, -0.15) is 0 Å². The molecule has 0 radical (unpaired) electrons. The first kappa shape index (κ1) is 21.3. The molecule has 2 aromatic carbocycles. The number of benzene rings is 2. The zero-order valence-electron chi connectivity index (χ0n) is 16.9. The van der Waals surface area contributed by atoms with Crippen molar-refractivity contribution < 1.29 is 19.5 Å². The number of aromatic nitrogens is 1. The van der Waals surface area contributed by atoms with Crippen LogP contribution in [0.1, 0.15) is 33.2 Å². The molecule has 0 spiro atoms. The van der Waals surface area contributed by atoms with Gasteiger partial charge in [0.1, 0.15) is 0 Å². The number of carbonyl (C=O) groups excluding carboxylic acids is 2. The minimum absolute atomic E-state index is 0.000347. The lowest BCUT2D eigenvalue weighted by Crippen LogP contribution is -2.48. The van der Waals surface area contributed by atoms with Crippen LogP contribution < -0.4 is 0 Å². The Labute approximate surface area is 174 Å². The second-order valence-electron chi connectivity index (χ2n) is 7.18. The molecule has 0 unspecified atom stereocenters. The van der Waals surface area contributed by atoms with Gasteiger partial charge in [-0.15, -0.1) is 0 Å². The van der Waals surface area contributed by atoms with Gasteiger partial charge >= 0.3 is 0 Å². The minimum atomic E-state index is -0.250. The highest BCUT2D eigenvalue weighted by molar-refractivity contribution is 6.08. The summed E-state index contributed by atoms with van der Waals surface area (Å²) in [6.07, 6.45) is 1.71. The molecule has 4 rings (SSSR count). The van der Waals surface area contributed by atoms with Crippen molar-refractivity contribution in [3.8, 4) is 0 Å². The zero-order valence-corrected chi connectivity index (χ0v) is 16.9. The Balaban J connectivity index is 0.000000806. The molecule has 1 amide bonds. The van der Waals surface area contributed by atoms with Gasteiger partial charge in [0.05, 0.1) is 0 Å². The lowest BCUT2D eigenvalue weighted by molar-refractivity contribution is -0.122. The van der Waals surface area contributed by atoms with Crippen LogP contribution in [0.25, 0.3) is 10.9 Å². The van der Waals surface area contributed by atoms with Crippen molar-refractivity contribution in [3.05, 3.63) is 71.4 Å². The third-order valence-electron chi connectivity index (χ3n) is 5.22. The number of fused-ring (bicyclic) bond motifs is 1. The molecule has 156 valence electrons. The fourth-order valence-corrected chi connectivity index (χ4v) is 3.68. The summed E-state index contributed by atoms with van der Waals surface area (Å²) < 4.78 is 0. The van der Waals surface area contributed by atoms with E-state index in [0.29, 0.717) is 11.1 Å². The fraction of sp³-hybridized carbons (Fsp3) is 0.261. The maximum atomic E-state index is 12.9. The van der Waals surface area contributed by atoms with Crippen LogP contribution in [0.2, 0.25) is 0 Å². The van der Waals surface area contributed by atoms with Crippen molar-refractivity contribution >= 4 is 29.1 Å². The third kappa shape index (κ3) is 4.93. The van der Waals surface area contributed by atoms with Gasteiger partial charge < -0.3 is 15.0 Å². The number of hydrogen-bond donors (Lipinski definition) is 2. The monoisotopic (exact) mass is 407 g/mol. The van der Waals surface area contributed by atoms with E-state index in [4.69, 9.17) is 9.90 Å². The Kier molecular flexibility index (Phi) is 6.98. The first-order chi connectivity index (χ1) is 14.5. The van der Waals surface area contributed by atoms with Crippen LogP contribution in [-0.4, -0.2) is 64.2 Å². The van der Waals surface area contributed by atoms with Gasteiger partial charge in [0.15, 0.2) is 5.78 Å². The smallest absolute Gasteiger partial charge is 0.290 e. The molecular weight excluding hydrogens is 382 g/mol. The van der Waals surface area contributed by atoms with E-state index in [1.54, 1.807) is 13.1 Å². The topological polar surface area (TPSA) is 93.7 Å². The minimum Gasteiger partial charge on any atom is -0.483 e. The number of nitrogens with zero attached hydrogens (tertiary/aromatic N) is 2. The second-order valence-corrected chi connectivity index (χ2v) is 7.18. The quantitative estimate of drug-likeness (QED) is 0.512. The van der Waals surface area contributed by atoms with E-state index in [-0.39, 0.29) is 18.2 Å². The fourth-order valence-electron chi connectivity index (χ4n) is 3.68. The van der Waals surface area contributed by atoms with E-state index in [1.165, 1.54) is 5.56 Å². The standard InChI is InChI=1S/C22H23N3O2.CH2O2/c1-16(26)20-14-23-21-8-7-18(13-19(20)21)22(27)25-11-9-24(10-12-25)15-17-5-3-2-4-6-17;2-1-3/h2-8,13-14,23H,9-12,15H2,1H3;1H,(H,2,3). The molecular formula is C23H25N3O4. The summed E-state index contributed by atoms with van der Waals surface area (Å²) in [6, 6.07) is 16.0. The molecule has 7 heteroatoms. The van der Waals surface area contributed by atoms with E-state index in [0.717, 1.165) is 43.6 Å². The van der Waals surface area contributed by atoms with Crippen molar-refractivity contribution in [2.75, 3.05) is 26.2 Å². The lowest BCUT2D eigenvalue weighted by atomic mass is 10.1. The van der Waals surface area contributed by atoms with Gasteiger partial charge in [0.25, 0.3) is 12.4 Å². The number of Topliss-reactive ketones (excluding diaryl/α,β-unsaturated/α-hetero) is 1. The normalized spacial score (nSPS) is 14.1. The van der Waals surface area contributed by atoms with Crippen LogP contribution in [0.15, 0.2) is 54.7 Å². The Morgan fingerprint density at radius 3 is 2.37 bits per heavy atom. The highest BCUT2D eigenvalue weighted by atomic mass is 16.3. The van der Waals surface area contributed by atoms with Gasteiger partial charge in [-0.3, -0.25) is 19.3 Å². The maximum absolute atomic E-state index is 12.9. The summed E-state index contributed by atoms with van der Waals surface area (Å²) in [5, 5.41) is 7.70. The van der Waals surface area contributed by atoms with E-state index in [1.807, 2.05) is 29.2 Å². The zero-order chi connectivity index (χ0) is 21.5. The number of H-pyrrole nitrogens is 1. The van der Waals surface area contributed by atoms with Crippen LogP contribution in [0.3, 0.4) is 0 Å². The highest BCUT2D eigenvalue weighted by Gasteiger charge is 2.23. The van der Waals surface area contributed by atoms with Gasteiger partial charge in [0.2, 0.25) is 0 Å². The van der Waals surface area contributed by atoms with Crippen molar-refractivity contribution in [2.45, 2.75) is 13.5 Å². The van der Waals surface area contributed by atoms with Crippen LogP contribution in [0.4, 0.5) is 0 Å². The number of hydrogen-bond acceptors (Lipinski definition) is 4. The van der Waals surface area contributed by atoms with Crippen LogP contribution in [0.5, 0.6) is 0 Å². The Bertz CT molecular complexity index is 1020. The average molecular weight is 407 g/mol. The Hall–Kier alpha value is -3.45. The van der Waals surface area contributed by atoms with E-state index >= 15 is 0 Å². The van der Waals surface area contributed by atoms with Crippen LogP contribution >= 0.6 is 0 Å². The average Bonchev–Trinajstić information content (AvgIpc) is 3.19. The van der Waals surface area contributed by atoms with Gasteiger partial charge in [0, 0.05) is 61.0 Å². The molecule has 3 aromatic rings. The molecule has 0 atom stereocenters. The second kappa shape index (κ2) is 9.84. The molecule has 0 aliphatic carbocycles. The summed E-state index contributed by atoms with van der Waals surface area (Å²) in [5.41, 5.74) is 3.45. The first-order valence-corrected chi connectivity index (χ1v) is 9.79. The lowest BCUT2D eigenvalue weighted by Gasteiger charge is -2.34. The summed E-state index contributed by atoms with van der Waals surface area (Å²) in [5.74, 6) is 0.0346. The molecule has 0 saturated carbocycles. The number of ketones is 1. The predicted molar refractivity (Wildman–Crippen MR) is 115 cm³/mol. The first-order valence-electron chi connectivity index (χ1n) is 9.79. The molecule has 7 nitrogen and oxygen atoms in total. The number of piperazine rings is 1. The molecule has 2 heterocycles. The largest absolute Gasteiger partial charge is 0.483 e. The summed E-state index contributed by atoms with van der Waals surface area (Å²) in [7, 11) is 0. The highest BCUT2D eigenvalue weighted by Crippen LogP contribution is 2.21. The van der Waals surface area contributed by atoms with Crippen molar-refractivity contribution in [1.29, 1.82) is 0 Å². The van der Waals surface area contributed by atoms with Crippen LogP contribution in [0, 0.1) is 0 Å². The number of nitrogens with one attached hydrogen (secondary N) is 1. The number of aromatic amines is 1. The third-order valence-corrected chi connectivity index (χ3v) is 5.22.